The maximum absolute atomic E-state index is 12.8. The fourth-order valence-corrected chi connectivity index (χ4v) is 7.11. The van der Waals surface area contributed by atoms with Crippen LogP contribution < -0.4 is 0 Å². The molecule has 2 unspecified atom stereocenters. The van der Waals surface area contributed by atoms with E-state index in [0.717, 1.165) is 77.0 Å². The molecule has 0 radical (unpaired) electrons. The molecule has 0 amide bonds. The van der Waals surface area contributed by atoms with Gasteiger partial charge in [-0.2, -0.15) is 8.42 Å². The fraction of sp³-hybridized carbons (Fsp3) is 0.778. The third-order valence-corrected chi connectivity index (χ3v) is 10.7. The normalized spacial score (nSPS) is 20.8. The quantitative estimate of drug-likeness (QED) is 0.0204. The van der Waals surface area contributed by atoms with E-state index in [1.807, 2.05) is 0 Å². The molecule has 12 nitrogen and oxygen atoms in total. The Hall–Kier alpha value is -2.39. The highest BCUT2D eigenvalue weighted by Gasteiger charge is 2.46. The highest BCUT2D eigenvalue weighted by molar-refractivity contribution is 7.85. The lowest BCUT2D eigenvalue weighted by Gasteiger charge is -2.40. The van der Waals surface area contributed by atoms with Gasteiger partial charge >= 0.3 is 11.9 Å². The van der Waals surface area contributed by atoms with Gasteiger partial charge in [-0.1, -0.05) is 140 Å². The second-order valence-corrected chi connectivity index (χ2v) is 16.9. The molecule has 6 atom stereocenters. The Kier molecular flexibility index (Phi) is 32.7. The lowest BCUT2D eigenvalue weighted by atomic mass is 10.00. The van der Waals surface area contributed by atoms with Crippen LogP contribution in [0.5, 0.6) is 0 Å². The van der Waals surface area contributed by atoms with Crippen LogP contribution in [0.2, 0.25) is 0 Å². The van der Waals surface area contributed by atoms with Crippen LogP contribution in [0.4, 0.5) is 0 Å². The van der Waals surface area contributed by atoms with Crippen LogP contribution in [-0.4, -0.2) is 96.0 Å². The molecule has 0 bridgehead atoms. The summed E-state index contributed by atoms with van der Waals surface area (Å²) < 4.78 is 54.0. The average Bonchev–Trinajstić information content (AvgIpc) is 3.18. The Bertz CT molecular complexity index is 1260. The molecule has 0 aromatic rings. The second-order valence-electron chi connectivity index (χ2n) is 15.4. The van der Waals surface area contributed by atoms with Crippen LogP contribution in [-0.2, 0) is 38.7 Å². The summed E-state index contributed by atoms with van der Waals surface area (Å²) in [4.78, 5) is 25.4. The maximum Gasteiger partial charge on any atom is 0.306 e. The minimum absolute atomic E-state index is 0.142. The number of allylic oxidation sites excluding steroid dienone is 8. The van der Waals surface area contributed by atoms with Gasteiger partial charge in [-0.15, -0.1) is 0 Å². The summed E-state index contributed by atoms with van der Waals surface area (Å²) in [6.07, 6.45) is 31.5. The van der Waals surface area contributed by atoms with Crippen molar-refractivity contribution >= 4 is 22.1 Å². The van der Waals surface area contributed by atoms with Crippen molar-refractivity contribution in [3.63, 3.8) is 0 Å². The van der Waals surface area contributed by atoms with Crippen molar-refractivity contribution < 1.29 is 56.8 Å². The van der Waals surface area contributed by atoms with Crippen molar-refractivity contribution in [3.05, 3.63) is 48.6 Å². The number of hydrogen-bond donors (Lipinski definition) is 4. The van der Waals surface area contributed by atoms with E-state index in [1.165, 1.54) is 51.4 Å². The van der Waals surface area contributed by atoms with E-state index < -0.39 is 71.2 Å². The molecule has 1 saturated heterocycles. The Balaban J connectivity index is 2.49. The van der Waals surface area contributed by atoms with Crippen molar-refractivity contribution in [1.29, 1.82) is 0 Å². The summed E-state index contributed by atoms with van der Waals surface area (Å²) in [6, 6.07) is 0. The van der Waals surface area contributed by atoms with E-state index in [4.69, 9.17) is 18.9 Å². The van der Waals surface area contributed by atoms with Gasteiger partial charge in [0, 0.05) is 12.8 Å². The lowest BCUT2D eigenvalue weighted by molar-refractivity contribution is -0.297. The molecular formula is C45H78O12S. The summed E-state index contributed by atoms with van der Waals surface area (Å²) in [5, 5.41) is 30.8. The summed E-state index contributed by atoms with van der Waals surface area (Å²) in [5.41, 5.74) is 0. The first-order valence-corrected chi connectivity index (χ1v) is 23.8. The van der Waals surface area contributed by atoms with Crippen LogP contribution in [0, 0.1) is 0 Å². The van der Waals surface area contributed by atoms with Gasteiger partial charge in [0.25, 0.3) is 10.1 Å². The lowest BCUT2D eigenvalue weighted by Crippen LogP contribution is -2.60. The van der Waals surface area contributed by atoms with Crippen LogP contribution in [0.25, 0.3) is 0 Å². The van der Waals surface area contributed by atoms with E-state index in [-0.39, 0.29) is 19.4 Å². The van der Waals surface area contributed by atoms with E-state index in [2.05, 4.69) is 62.5 Å². The number of unbranched alkanes of at least 4 members (excludes halogenated alkanes) is 18. The second kappa shape index (κ2) is 35.4. The van der Waals surface area contributed by atoms with Gasteiger partial charge in [0.05, 0.1) is 6.61 Å². The topological polar surface area (TPSA) is 186 Å². The Morgan fingerprint density at radius 1 is 0.586 bits per heavy atom. The molecule has 0 aromatic carbocycles. The summed E-state index contributed by atoms with van der Waals surface area (Å²) >= 11 is 0. The number of ether oxygens (including phenoxy) is 4. The van der Waals surface area contributed by atoms with Gasteiger partial charge in [-0.05, 0) is 64.2 Å². The molecule has 1 aliphatic rings. The van der Waals surface area contributed by atoms with Crippen molar-refractivity contribution in [2.24, 2.45) is 0 Å². The Morgan fingerprint density at radius 3 is 1.48 bits per heavy atom. The predicted octanol–water partition coefficient (Wildman–Crippen LogP) is 8.78. The molecule has 1 aliphatic heterocycles. The predicted molar refractivity (Wildman–Crippen MR) is 229 cm³/mol. The smallest absolute Gasteiger partial charge is 0.306 e. The van der Waals surface area contributed by atoms with Crippen molar-refractivity contribution in [3.8, 4) is 0 Å². The fourth-order valence-electron chi connectivity index (χ4n) is 6.42. The van der Waals surface area contributed by atoms with Gasteiger partial charge in [0.15, 0.2) is 12.4 Å². The van der Waals surface area contributed by atoms with Crippen molar-refractivity contribution in [1.82, 2.24) is 0 Å². The van der Waals surface area contributed by atoms with Gasteiger partial charge in [-0.3, -0.25) is 14.1 Å². The van der Waals surface area contributed by atoms with Crippen molar-refractivity contribution in [2.45, 2.75) is 205 Å². The van der Waals surface area contributed by atoms with E-state index >= 15 is 0 Å². The zero-order valence-electron chi connectivity index (χ0n) is 35.6. The van der Waals surface area contributed by atoms with Gasteiger partial charge in [-0.25, -0.2) is 0 Å². The van der Waals surface area contributed by atoms with Crippen LogP contribution >= 0.6 is 0 Å². The highest BCUT2D eigenvalue weighted by atomic mass is 32.2. The van der Waals surface area contributed by atoms with E-state index in [1.54, 1.807) is 0 Å². The number of carbonyl (C=O) groups excluding carboxylic acids is 2. The Morgan fingerprint density at radius 2 is 1.02 bits per heavy atom. The number of rotatable bonds is 36. The molecular weight excluding hydrogens is 765 g/mol. The molecule has 0 spiro atoms. The SMILES string of the molecule is CCCCCC/C=C/C=C/CCCCCCCC(=O)OC[C@H](CO[C@H]1O[C@H](CS(=O)(=O)O)[C@@H](O)C(O)C1O)OC(=O)CCCCCCC/C=C/C=C/CCCCCC. The first-order valence-electron chi connectivity index (χ1n) is 22.2. The molecule has 4 N–H and O–H groups in total. The molecule has 0 aromatic heterocycles. The van der Waals surface area contributed by atoms with E-state index in [9.17, 15) is 37.9 Å². The summed E-state index contributed by atoms with van der Waals surface area (Å²) in [6.45, 7) is 3.68. The number of carbonyl (C=O) groups is 2. The maximum atomic E-state index is 12.8. The number of hydrogen-bond acceptors (Lipinski definition) is 11. The standard InChI is InChI=1S/C45H78O12S/c1-3-5-7-9-11-13-15-17-19-21-23-25-27-29-31-33-40(46)54-35-38(36-55-45-44(50)43(49)42(48)39(57-45)37-58(51,52)53)56-41(47)34-32-30-28-26-24-22-20-18-16-14-12-10-8-6-4-2/h13-20,38-39,42-45,48-50H,3-12,21-37H2,1-2H3,(H,51,52,53)/b15-13+,16-14+,19-17+,20-18+/t38-,39-,42-,43?,44?,45+/m1/s1. The van der Waals surface area contributed by atoms with Gasteiger partial charge < -0.3 is 34.3 Å². The number of aliphatic hydroxyl groups excluding tert-OH is 3. The molecule has 1 heterocycles. The Labute approximate surface area is 350 Å². The summed E-state index contributed by atoms with van der Waals surface area (Å²) in [5.74, 6) is -2.03. The number of esters is 2. The van der Waals surface area contributed by atoms with E-state index in [0.29, 0.717) is 12.8 Å². The van der Waals surface area contributed by atoms with Crippen LogP contribution in [0.15, 0.2) is 48.6 Å². The first-order chi connectivity index (χ1) is 28.0. The minimum Gasteiger partial charge on any atom is -0.462 e. The van der Waals surface area contributed by atoms with Crippen molar-refractivity contribution in [2.75, 3.05) is 19.0 Å². The van der Waals surface area contributed by atoms with Gasteiger partial charge in [0.2, 0.25) is 0 Å². The van der Waals surface area contributed by atoms with Crippen LogP contribution in [0.3, 0.4) is 0 Å². The molecule has 58 heavy (non-hydrogen) atoms. The van der Waals surface area contributed by atoms with Crippen LogP contribution in [0.1, 0.15) is 168 Å². The molecule has 336 valence electrons. The molecule has 13 heteroatoms. The average molecular weight is 843 g/mol. The zero-order chi connectivity index (χ0) is 42.7. The largest absolute Gasteiger partial charge is 0.462 e. The molecule has 0 aliphatic carbocycles. The third-order valence-electron chi connectivity index (χ3n) is 9.94. The first kappa shape index (κ1) is 53.6. The summed E-state index contributed by atoms with van der Waals surface area (Å²) in [7, 11) is -4.61. The third kappa shape index (κ3) is 29.8. The molecule has 1 rings (SSSR count). The number of aliphatic hydroxyl groups is 3. The zero-order valence-corrected chi connectivity index (χ0v) is 36.5. The monoisotopic (exact) mass is 843 g/mol. The highest BCUT2D eigenvalue weighted by Crippen LogP contribution is 2.24. The molecule has 0 saturated carbocycles. The van der Waals surface area contributed by atoms with Gasteiger partial charge in [0.1, 0.15) is 36.8 Å². The molecule has 1 fully saturated rings. The minimum atomic E-state index is -4.61.